The molecule has 0 amide bonds. The maximum atomic E-state index is 12.0. The van der Waals surface area contributed by atoms with Gasteiger partial charge in [-0.05, 0) is 43.9 Å². The third-order valence-corrected chi connectivity index (χ3v) is 7.49. The van der Waals surface area contributed by atoms with Gasteiger partial charge in [-0.15, -0.1) is 0 Å². The van der Waals surface area contributed by atoms with Crippen LogP contribution in [0.3, 0.4) is 0 Å². The van der Waals surface area contributed by atoms with Crippen molar-refractivity contribution in [3.05, 3.63) is 35.7 Å². The van der Waals surface area contributed by atoms with Gasteiger partial charge in [0.2, 0.25) is 0 Å². The molecule has 1 aliphatic heterocycles. The fourth-order valence-electron chi connectivity index (χ4n) is 4.22. The molecular weight excluding hydrogens is 454 g/mol. The third kappa shape index (κ3) is 5.29. The zero-order valence-corrected chi connectivity index (χ0v) is 20.5. The number of carbonyl (C=O) groups is 1. The summed E-state index contributed by atoms with van der Waals surface area (Å²) in [6.45, 7) is 5.44. The van der Waals surface area contributed by atoms with Crippen molar-refractivity contribution in [2.45, 2.75) is 39.3 Å². The molecule has 0 radical (unpaired) electrons. The summed E-state index contributed by atoms with van der Waals surface area (Å²) in [6, 6.07) is 5.81. The first-order valence-electron chi connectivity index (χ1n) is 11.6. The Balaban J connectivity index is 1.66. The van der Waals surface area contributed by atoms with E-state index in [1.807, 2.05) is 25.1 Å². The standard InChI is InChI=1S/C24H31N5O4S/c1-3-33-16-20-27-22-23(29(20)13-5-4-11-28-12-6-14-34(28)31)18-9-7-17(8-10-21(30)32-2)15-19(18)26-24(22)25/h7-10,15H,3-6,11-14,16H2,1-2H3,(H2,25,26)/b10-8+. The Labute approximate surface area is 201 Å². The van der Waals surface area contributed by atoms with E-state index in [0.717, 1.165) is 72.5 Å². The monoisotopic (exact) mass is 485 g/mol. The zero-order valence-electron chi connectivity index (χ0n) is 19.7. The van der Waals surface area contributed by atoms with Crippen molar-refractivity contribution < 1.29 is 18.5 Å². The summed E-state index contributed by atoms with van der Waals surface area (Å²) < 4.78 is 26.6. The molecule has 4 rings (SSSR count). The Kier molecular flexibility index (Phi) is 7.91. The highest BCUT2D eigenvalue weighted by molar-refractivity contribution is 7.82. The number of esters is 1. The molecule has 182 valence electrons. The number of nitrogen functional groups attached to an aromatic ring is 1. The molecule has 0 spiro atoms. The molecule has 1 aliphatic rings. The molecule has 1 saturated heterocycles. The number of unbranched alkanes of at least 4 members (excludes halogenated alkanes) is 1. The number of ether oxygens (including phenoxy) is 2. The largest absolute Gasteiger partial charge is 0.466 e. The summed E-state index contributed by atoms with van der Waals surface area (Å²) >= 11 is 0. The highest BCUT2D eigenvalue weighted by atomic mass is 32.2. The predicted octanol–water partition coefficient (Wildman–Crippen LogP) is 3.04. The Bertz CT molecular complexity index is 1240. The van der Waals surface area contributed by atoms with Crippen LogP contribution < -0.4 is 5.73 Å². The average molecular weight is 486 g/mol. The minimum absolute atomic E-state index is 0.362. The Hall–Kier alpha value is -2.82. The van der Waals surface area contributed by atoms with Crippen molar-refractivity contribution in [3.63, 3.8) is 0 Å². The summed E-state index contributed by atoms with van der Waals surface area (Å²) in [7, 11) is 0.518. The highest BCUT2D eigenvalue weighted by Gasteiger charge is 2.20. The van der Waals surface area contributed by atoms with Crippen LogP contribution >= 0.6 is 0 Å². The van der Waals surface area contributed by atoms with Crippen molar-refractivity contribution in [2.24, 2.45) is 0 Å². The number of pyridine rings is 1. The van der Waals surface area contributed by atoms with E-state index < -0.39 is 17.0 Å². The molecule has 1 atom stereocenters. The van der Waals surface area contributed by atoms with Gasteiger partial charge in [0.05, 0.1) is 29.1 Å². The first-order chi connectivity index (χ1) is 16.5. The van der Waals surface area contributed by atoms with Crippen LogP contribution in [-0.4, -0.2) is 61.6 Å². The van der Waals surface area contributed by atoms with Gasteiger partial charge in [0.25, 0.3) is 0 Å². The second kappa shape index (κ2) is 11.1. The summed E-state index contributed by atoms with van der Waals surface area (Å²) in [4.78, 5) is 20.8. The molecule has 2 aromatic heterocycles. The predicted molar refractivity (Wildman–Crippen MR) is 134 cm³/mol. The fourth-order valence-corrected chi connectivity index (χ4v) is 5.52. The number of carbonyl (C=O) groups excluding carboxylic acids is 1. The van der Waals surface area contributed by atoms with E-state index in [2.05, 4.69) is 18.6 Å². The quantitative estimate of drug-likeness (QED) is 0.267. The lowest BCUT2D eigenvalue weighted by atomic mass is 10.1. The van der Waals surface area contributed by atoms with Gasteiger partial charge in [0, 0.05) is 43.5 Å². The van der Waals surface area contributed by atoms with Crippen LogP contribution in [0.1, 0.15) is 37.6 Å². The molecule has 2 N–H and O–H groups in total. The van der Waals surface area contributed by atoms with Crippen molar-refractivity contribution >= 4 is 50.8 Å². The molecule has 3 heterocycles. The summed E-state index contributed by atoms with van der Waals surface area (Å²) in [5, 5.41) is 0.940. The number of nitrogens with zero attached hydrogens (tertiary/aromatic N) is 4. The molecular formula is C24H31N5O4S. The number of aromatic nitrogens is 3. The summed E-state index contributed by atoms with van der Waals surface area (Å²) in [6.07, 6.45) is 5.93. The maximum absolute atomic E-state index is 12.0. The van der Waals surface area contributed by atoms with Crippen LogP contribution in [0.5, 0.6) is 0 Å². The molecule has 0 aliphatic carbocycles. The number of imidazole rings is 1. The van der Waals surface area contributed by atoms with Gasteiger partial charge in [0.15, 0.2) is 5.82 Å². The van der Waals surface area contributed by atoms with Crippen molar-refractivity contribution in [1.82, 2.24) is 18.8 Å². The van der Waals surface area contributed by atoms with Gasteiger partial charge in [-0.2, -0.15) is 0 Å². The lowest BCUT2D eigenvalue weighted by Gasteiger charge is -2.14. The number of hydrogen-bond acceptors (Lipinski definition) is 7. The van der Waals surface area contributed by atoms with E-state index >= 15 is 0 Å². The van der Waals surface area contributed by atoms with Gasteiger partial charge in [-0.3, -0.25) is 0 Å². The van der Waals surface area contributed by atoms with Gasteiger partial charge >= 0.3 is 5.97 Å². The first-order valence-corrected chi connectivity index (χ1v) is 12.8. The highest BCUT2D eigenvalue weighted by Crippen LogP contribution is 2.30. The zero-order chi connectivity index (χ0) is 24.1. The Morgan fingerprint density at radius 3 is 2.82 bits per heavy atom. The van der Waals surface area contributed by atoms with Crippen LogP contribution in [0.25, 0.3) is 28.0 Å². The number of nitrogens with two attached hydrogens (primary N) is 1. The Morgan fingerprint density at radius 2 is 2.09 bits per heavy atom. The first kappa shape index (κ1) is 24.3. The lowest BCUT2D eigenvalue weighted by molar-refractivity contribution is -0.134. The molecule has 1 aromatic carbocycles. The number of benzene rings is 1. The van der Waals surface area contributed by atoms with E-state index in [9.17, 15) is 9.00 Å². The number of methoxy groups -OCH3 is 1. The Morgan fingerprint density at radius 1 is 1.26 bits per heavy atom. The normalized spacial score (nSPS) is 16.8. The number of rotatable bonds is 10. The number of aryl methyl sites for hydroxylation is 1. The van der Waals surface area contributed by atoms with Crippen molar-refractivity contribution in [2.75, 3.05) is 38.3 Å². The van der Waals surface area contributed by atoms with E-state index in [4.69, 9.17) is 15.5 Å². The second-order valence-electron chi connectivity index (χ2n) is 8.16. The maximum Gasteiger partial charge on any atom is 0.330 e. The van der Waals surface area contributed by atoms with Crippen LogP contribution in [0.4, 0.5) is 5.82 Å². The van der Waals surface area contributed by atoms with Gasteiger partial charge in [-0.1, -0.05) is 12.1 Å². The third-order valence-electron chi connectivity index (χ3n) is 5.91. The van der Waals surface area contributed by atoms with E-state index in [0.29, 0.717) is 24.5 Å². The average Bonchev–Trinajstić information content (AvgIpc) is 3.42. The molecule has 10 heteroatoms. The van der Waals surface area contributed by atoms with Crippen LogP contribution in [-0.2, 0) is 38.4 Å². The second-order valence-corrected chi connectivity index (χ2v) is 9.73. The summed E-state index contributed by atoms with van der Waals surface area (Å²) in [5.74, 6) is 1.54. The number of fused-ring (bicyclic) bond motifs is 3. The number of anilines is 1. The van der Waals surface area contributed by atoms with Gasteiger partial charge < -0.3 is 19.8 Å². The van der Waals surface area contributed by atoms with E-state index in [-0.39, 0.29) is 0 Å². The van der Waals surface area contributed by atoms with Crippen LogP contribution in [0.2, 0.25) is 0 Å². The van der Waals surface area contributed by atoms with Gasteiger partial charge in [-0.25, -0.2) is 23.3 Å². The SMILES string of the molecule is CCOCc1nc2c(N)nc3cc(/C=C/C(=O)OC)ccc3c2n1CCCCN1CCCS1=O. The summed E-state index contributed by atoms with van der Waals surface area (Å²) in [5.41, 5.74) is 9.48. The fraction of sp³-hybridized carbons (Fsp3) is 0.458. The van der Waals surface area contributed by atoms with Crippen LogP contribution in [0, 0.1) is 0 Å². The topological polar surface area (TPSA) is 113 Å². The van der Waals surface area contributed by atoms with Crippen molar-refractivity contribution in [1.29, 1.82) is 0 Å². The van der Waals surface area contributed by atoms with Crippen molar-refractivity contribution in [3.8, 4) is 0 Å². The smallest absolute Gasteiger partial charge is 0.330 e. The molecule has 0 bridgehead atoms. The molecule has 9 nitrogen and oxygen atoms in total. The van der Waals surface area contributed by atoms with E-state index in [1.165, 1.54) is 13.2 Å². The minimum atomic E-state index is -0.826. The lowest BCUT2D eigenvalue weighted by Crippen LogP contribution is -2.22. The minimum Gasteiger partial charge on any atom is -0.466 e. The molecule has 3 aromatic rings. The molecule has 0 saturated carbocycles. The van der Waals surface area contributed by atoms with Crippen LogP contribution in [0.15, 0.2) is 24.3 Å². The molecule has 1 fully saturated rings. The molecule has 1 unspecified atom stereocenters. The van der Waals surface area contributed by atoms with Gasteiger partial charge in [0.1, 0.15) is 17.9 Å². The van der Waals surface area contributed by atoms with E-state index in [1.54, 1.807) is 6.08 Å². The molecule has 34 heavy (non-hydrogen) atoms. The number of hydrogen-bond donors (Lipinski definition) is 1.